The molecule has 4 nitrogen and oxygen atoms in total. The fraction of sp³-hybridized carbons (Fsp3) is 0.0588. The van der Waals surface area contributed by atoms with Gasteiger partial charge in [-0.2, -0.15) is 0 Å². The highest BCUT2D eigenvalue weighted by Crippen LogP contribution is 2.21. The molecule has 2 heterocycles. The molecule has 24 heavy (non-hydrogen) atoms. The van der Waals surface area contributed by atoms with E-state index in [1.54, 1.807) is 40.9 Å². The first-order valence-electron chi connectivity index (χ1n) is 7.05. The normalized spacial score (nSPS) is 11.3. The lowest BCUT2D eigenvalue weighted by Crippen LogP contribution is -2.20. The van der Waals surface area contributed by atoms with Gasteiger partial charge in [0.05, 0.1) is 12.2 Å². The molecule has 2 aromatic heterocycles. The molecule has 0 fully saturated rings. The van der Waals surface area contributed by atoms with Crippen LogP contribution in [0.3, 0.4) is 0 Å². The van der Waals surface area contributed by atoms with E-state index in [2.05, 4.69) is 10.3 Å². The Morgan fingerprint density at radius 1 is 1.25 bits per heavy atom. The topological polar surface area (TPSA) is 46.4 Å². The van der Waals surface area contributed by atoms with Crippen molar-refractivity contribution in [3.8, 4) is 0 Å². The Kier molecular flexibility index (Phi) is 4.83. The summed E-state index contributed by atoms with van der Waals surface area (Å²) < 4.78 is 14.7. The van der Waals surface area contributed by atoms with Crippen LogP contribution >= 0.6 is 23.2 Å². The first kappa shape index (κ1) is 16.5. The maximum atomic E-state index is 13.1. The maximum absolute atomic E-state index is 13.1. The molecule has 0 saturated heterocycles. The number of pyridine rings is 1. The number of nitrogens with zero attached hydrogens (tertiary/aromatic N) is 2. The molecular weight excluding hydrogens is 352 g/mol. The summed E-state index contributed by atoms with van der Waals surface area (Å²) >= 11 is 11.9. The number of rotatable bonds is 4. The van der Waals surface area contributed by atoms with E-state index in [4.69, 9.17) is 23.2 Å². The second-order valence-corrected chi connectivity index (χ2v) is 5.91. The molecule has 3 rings (SSSR count). The van der Waals surface area contributed by atoms with E-state index in [9.17, 15) is 9.18 Å². The molecule has 0 bridgehead atoms. The predicted octanol–water partition coefficient (Wildman–Crippen LogP) is 4.11. The molecular formula is C17H12Cl2FN3O. The highest BCUT2D eigenvalue weighted by Gasteiger charge is 2.04. The number of fused-ring (bicyclic) bond motifs is 1. The molecule has 1 amide bonds. The van der Waals surface area contributed by atoms with Crippen LogP contribution in [-0.2, 0) is 11.3 Å². The van der Waals surface area contributed by atoms with Crippen LogP contribution in [0.1, 0.15) is 11.3 Å². The van der Waals surface area contributed by atoms with Gasteiger partial charge in [-0.3, -0.25) is 4.79 Å². The Labute approximate surface area is 147 Å². The first-order valence-corrected chi connectivity index (χ1v) is 7.81. The molecule has 7 heteroatoms. The highest BCUT2D eigenvalue weighted by atomic mass is 35.5. The van der Waals surface area contributed by atoms with E-state index in [1.165, 1.54) is 18.3 Å². The van der Waals surface area contributed by atoms with E-state index in [0.717, 1.165) is 0 Å². The molecule has 122 valence electrons. The van der Waals surface area contributed by atoms with Gasteiger partial charge in [0.1, 0.15) is 11.5 Å². The van der Waals surface area contributed by atoms with Crippen LogP contribution in [0, 0.1) is 5.82 Å². The number of hydrogen-bond acceptors (Lipinski definition) is 2. The minimum atomic E-state index is -0.349. The van der Waals surface area contributed by atoms with Crippen molar-refractivity contribution in [2.24, 2.45) is 0 Å². The fourth-order valence-corrected chi connectivity index (χ4v) is 2.61. The van der Waals surface area contributed by atoms with Crippen molar-refractivity contribution in [2.75, 3.05) is 0 Å². The summed E-state index contributed by atoms with van der Waals surface area (Å²) in [7, 11) is 0. The zero-order valence-corrected chi connectivity index (χ0v) is 13.9. The van der Waals surface area contributed by atoms with E-state index < -0.39 is 0 Å². The fourth-order valence-electron chi connectivity index (χ4n) is 2.14. The molecule has 0 atom stereocenters. The van der Waals surface area contributed by atoms with Crippen LogP contribution in [0.5, 0.6) is 0 Å². The summed E-state index contributed by atoms with van der Waals surface area (Å²) in [6.45, 7) is 0.237. The van der Waals surface area contributed by atoms with Crippen molar-refractivity contribution in [3.05, 3.63) is 75.9 Å². The van der Waals surface area contributed by atoms with Gasteiger partial charge in [0.15, 0.2) is 0 Å². The Balaban J connectivity index is 1.63. The van der Waals surface area contributed by atoms with Crippen LogP contribution < -0.4 is 5.32 Å². The second-order valence-electron chi connectivity index (χ2n) is 5.06. The van der Waals surface area contributed by atoms with Gasteiger partial charge in [-0.1, -0.05) is 29.3 Å². The highest BCUT2D eigenvalue weighted by molar-refractivity contribution is 6.35. The maximum Gasteiger partial charge on any atom is 0.244 e. The van der Waals surface area contributed by atoms with Gasteiger partial charge in [0.2, 0.25) is 5.91 Å². The summed E-state index contributed by atoms with van der Waals surface area (Å²) in [6, 6.07) is 7.94. The van der Waals surface area contributed by atoms with E-state index in [0.29, 0.717) is 26.9 Å². The van der Waals surface area contributed by atoms with Gasteiger partial charge in [0, 0.05) is 28.5 Å². The summed E-state index contributed by atoms with van der Waals surface area (Å²) in [5.74, 6) is -0.637. The van der Waals surface area contributed by atoms with Crippen LogP contribution in [-0.4, -0.2) is 15.3 Å². The average molecular weight is 364 g/mol. The quantitative estimate of drug-likeness (QED) is 0.709. The van der Waals surface area contributed by atoms with Crippen molar-refractivity contribution in [1.82, 2.24) is 14.7 Å². The molecule has 1 N–H and O–H groups in total. The summed E-state index contributed by atoms with van der Waals surface area (Å²) in [5, 5.41) is 3.71. The summed E-state index contributed by atoms with van der Waals surface area (Å²) in [4.78, 5) is 16.2. The average Bonchev–Trinajstić information content (AvgIpc) is 2.94. The van der Waals surface area contributed by atoms with E-state index in [1.807, 2.05) is 0 Å². The number of halogens is 3. The number of aromatic nitrogens is 2. The zero-order valence-electron chi connectivity index (χ0n) is 12.3. The van der Waals surface area contributed by atoms with Crippen molar-refractivity contribution >= 4 is 40.8 Å². The lowest BCUT2D eigenvalue weighted by atomic mass is 10.2. The van der Waals surface area contributed by atoms with Crippen molar-refractivity contribution < 1.29 is 9.18 Å². The Bertz CT molecular complexity index is 937. The molecule has 1 aromatic carbocycles. The van der Waals surface area contributed by atoms with Gasteiger partial charge in [-0.15, -0.1) is 0 Å². The molecule has 0 radical (unpaired) electrons. The number of carbonyl (C=O) groups excluding carboxylic acids is 1. The van der Waals surface area contributed by atoms with Crippen LogP contribution in [0.2, 0.25) is 10.0 Å². The molecule has 0 aliphatic rings. The van der Waals surface area contributed by atoms with Gasteiger partial charge in [0.25, 0.3) is 0 Å². The van der Waals surface area contributed by atoms with Crippen molar-refractivity contribution in [3.63, 3.8) is 0 Å². The summed E-state index contributed by atoms with van der Waals surface area (Å²) in [5.41, 5.74) is 1.94. The molecule has 0 aliphatic carbocycles. The van der Waals surface area contributed by atoms with Crippen molar-refractivity contribution in [1.29, 1.82) is 0 Å². The number of amides is 1. The third kappa shape index (κ3) is 3.93. The number of imidazole rings is 1. The molecule has 0 aliphatic heterocycles. The lowest BCUT2D eigenvalue weighted by molar-refractivity contribution is -0.116. The third-order valence-electron chi connectivity index (χ3n) is 3.29. The predicted molar refractivity (Wildman–Crippen MR) is 92.5 cm³/mol. The van der Waals surface area contributed by atoms with E-state index >= 15 is 0 Å². The Hall–Kier alpha value is -2.37. The molecule has 0 saturated carbocycles. The number of hydrogen-bond donors (Lipinski definition) is 1. The van der Waals surface area contributed by atoms with E-state index in [-0.39, 0.29) is 18.3 Å². The minimum absolute atomic E-state index is 0.237. The van der Waals surface area contributed by atoms with Gasteiger partial charge >= 0.3 is 0 Å². The van der Waals surface area contributed by atoms with Gasteiger partial charge in [-0.05, 0) is 35.9 Å². The number of nitrogens with one attached hydrogen (secondary N) is 1. The number of benzene rings is 1. The van der Waals surface area contributed by atoms with Gasteiger partial charge < -0.3 is 9.72 Å². The largest absolute Gasteiger partial charge is 0.347 e. The monoisotopic (exact) mass is 363 g/mol. The Morgan fingerprint density at radius 2 is 2.08 bits per heavy atom. The zero-order chi connectivity index (χ0) is 17.1. The summed E-state index contributed by atoms with van der Waals surface area (Å²) in [6.07, 6.45) is 5.98. The smallest absolute Gasteiger partial charge is 0.244 e. The van der Waals surface area contributed by atoms with Gasteiger partial charge in [-0.25, -0.2) is 9.37 Å². The standard InChI is InChI=1S/C17H12Cl2FN3O/c18-12-3-1-11(15(19)7-12)2-6-17(24)21-8-14-10-23-9-13(20)4-5-16(23)22-14/h1-7,9-10H,8H2,(H,21,24)/b6-2+. The lowest BCUT2D eigenvalue weighted by Gasteiger charge is -2.00. The number of carbonyl (C=O) groups is 1. The van der Waals surface area contributed by atoms with Crippen LogP contribution in [0.25, 0.3) is 11.7 Å². The minimum Gasteiger partial charge on any atom is -0.347 e. The SMILES string of the molecule is O=C(/C=C/c1ccc(Cl)cc1Cl)NCc1cn2cc(F)ccc2n1. The molecule has 0 unspecified atom stereocenters. The van der Waals surface area contributed by atoms with Crippen LogP contribution in [0.4, 0.5) is 4.39 Å². The van der Waals surface area contributed by atoms with Crippen molar-refractivity contribution in [2.45, 2.75) is 6.54 Å². The Morgan fingerprint density at radius 3 is 2.88 bits per heavy atom. The molecule has 3 aromatic rings. The first-order chi connectivity index (χ1) is 11.5. The molecule has 0 spiro atoms. The van der Waals surface area contributed by atoms with Crippen LogP contribution in [0.15, 0.2) is 48.8 Å². The second kappa shape index (κ2) is 7.03. The third-order valence-corrected chi connectivity index (χ3v) is 3.85.